The number of hydrogen-bond donors (Lipinski definition) is 1. The molecular weight excluding hydrogens is 437 g/mol. The van der Waals surface area contributed by atoms with Gasteiger partial charge in [0.15, 0.2) is 16.6 Å². The van der Waals surface area contributed by atoms with Crippen LogP contribution in [0.3, 0.4) is 0 Å². The van der Waals surface area contributed by atoms with Crippen molar-refractivity contribution in [2.24, 2.45) is 0 Å². The maximum atomic E-state index is 12.7. The molecule has 0 bridgehead atoms. The summed E-state index contributed by atoms with van der Waals surface area (Å²) in [5.74, 6) is 0.0113. The average molecular weight is 456 g/mol. The van der Waals surface area contributed by atoms with Gasteiger partial charge in [-0.2, -0.15) is 18.2 Å². The van der Waals surface area contributed by atoms with E-state index in [1.165, 1.54) is 6.07 Å². The van der Waals surface area contributed by atoms with Crippen LogP contribution in [-0.4, -0.2) is 59.2 Å². The van der Waals surface area contributed by atoms with Gasteiger partial charge in [0.2, 0.25) is 18.5 Å². The molecule has 1 aromatic heterocycles. The molecule has 2 aromatic rings. The number of morpholine rings is 1. The third kappa shape index (κ3) is 5.44. The molecule has 31 heavy (non-hydrogen) atoms. The summed E-state index contributed by atoms with van der Waals surface area (Å²) in [4.78, 5) is 8.53. The lowest BCUT2D eigenvalue weighted by Gasteiger charge is -2.34. The van der Waals surface area contributed by atoms with Gasteiger partial charge in [0.05, 0.1) is 6.61 Å². The maximum Gasteiger partial charge on any atom is 0.451 e. The summed E-state index contributed by atoms with van der Waals surface area (Å²) in [5, 5.41) is 3.75. The summed E-state index contributed by atoms with van der Waals surface area (Å²) in [6, 6.07) is 6.94. The summed E-state index contributed by atoms with van der Waals surface area (Å²) in [7, 11) is 0. The normalized spacial score (nSPS) is 18.0. The number of nitrogens with one attached hydrogen (secondary N) is 1. The Morgan fingerprint density at radius 1 is 1.26 bits per heavy atom. The summed E-state index contributed by atoms with van der Waals surface area (Å²) >= 11 is 5.48. The van der Waals surface area contributed by atoms with Gasteiger partial charge in [0.1, 0.15) is 12.7 Å². The molecule has 1 atom stereocenters. The van der Waals surface area contributed by atoms with Crippen molar-refractivity contribution >= 4 is 17.3 Å². The molecule has 0 spiro atoms. The zero-order valence-corrected chi connectivity index (χ0v) is 17.0. The lowest BCUT2D eigenvalue weighted by atomic mass is 10.2. The fraction of sp³-hybridized carbons (Fsp3) is 0.421. The number of ether oxygens (including phenoxy) is 4. The fourth-order valence-corrected chi connectivity index (χ4v) is 3.32. The van der Waals surface area contributed by atoms with E-state index >= 15 is 0 Å². The van der Waals surface area contributed by atoms with Crippen LogP contribution in [0.15, 0.2) is 30.5 Å². The number of aromatic nitrogens is 2. The van der Waals surface area contributed by atoms with E-state index in [0.717, 1.165) is 11.8 Å². The van der Waals surface area contributed by atoms with E-state index in [-0.39, 0.29) is 25.4 Å². The van der Waals surface area contributed by atoms with Crippen LogP contribution in [0.2, 0.25) is 0 Å². The van der Waals surface area contributed by atoms with E-state index < -0.39 is 12.0 Å². The Morgan fingerprint density at radius 3 is 2.94 bits per heavy atom. The Hall–Kier alpha value is -2.86. The molecule has 3 heterocycles. The van der Waals surface area contributed by atoms with Crippen LogP contribution in [0.4, 0.5) is 13.2 Å². The van der Waals surface area contributed by atoms with Gasteiger partial charge in [-0.3, -0.25) is 0 Å². The van der Waals surface area contributed by atoms with Crippen molar-refractivity contribution in [3.05, 3.63) is 41.9 Å². The third-order valence-electron chi connectivity index (χ3n) is 4.61. The quantitative estimate of drug-likeness (QED) is 0.683. The number of rotatable bonds is 5. The first kappa shape index (κ1) is 21.4. The molecule has 1 fully saturated rings. The van der Waals surface area contributed by atoms with Crippen LogP contribution >= 0.6 is 12.2 Å². The zero-order valence-electron chi connectivity index (χ0n) is 16.2. The second kappa shape index (κ2) is 9.10. The van der Waals surface area contributed by atoms with Crippen molar-refractivity contribution in [2.75, 3.05) is 33.1 Å². The molecule has 2 aliphatic rings. The van der Waals surface area contributed by atoms with Gasteiger partial charge in [-0.15, -0.1) is 0 Å². The highest BCUT2D eigenvalue weighted by Gasteiger charge is 2.35. The number of benzene rings is 1. The fourth-order valence-electron chi connectivity index (χ4n) is 3.08. The highest BCUT2D eigenvalue weighted by atomic mass is 32.1. The van der Waals surface area contributed by atoms with Crippen molar-refractivity contribution in [1.82, 2.24) is 20.2 Å². The lowest BCUT2D eigenvalue weighted by molar-refractivity contribution is -0.145. The number of thiocarbonyl (C=S) groups is 1. The van der Waals surface area contributed by atoms with E-state index in [9.17, 15) is 13.2 Å². The predicted octanol–water partition coefficient (Wildman–Crippen LogP) is 2.38. The van der Waals surface area contributed by atoms with E-state index in [0.29, 0.717) is 42.9 Å². The standard InChI is InChI=1S/C19H19F3N4O4S/c20-19(21,22)17-23-4-3-16(25-17)28-10-13-9-26(5-6-27-13)18(31)24-8-12-1-2-14-15(7-12)30-11-29-14/h1-4,7,13H,5-6,8-11H2,(H,24,31). The maximum absolute atomic E-state index is 12.7. The van der Waals surface area contributed by atoms with Crippen molar-refractivity contribution in [3.8, 4) is 17.4 Å². The van der Waals surface area contributed by atoms with Crippen molar-refractivity contribution in [1.29, 1.82) is 0 Å². The molecular formula is C19H19F3N4O4S. The Morgan fingerprint density at radius 2 is 2.10 bits per heavy atom. The van der Waals surface area contributed by atoms with E-state index in [1.807, 2.05) is 23.1 Å². The van der Waals surface area contributed by atoms with Gasteiger partial charge >= 0.3 is 6.18 Å². The van der Waals surface area contributed by atoms with Gasteiger partial charge in [0.25, 0.3) is 0 Å². The Kier molecular flexibility index (Phi) is 6.28. The second-order valence-corrected chi connectivity index (χ2v) is 7.20. The number of alkyl halides is 3. The molecule has 12 heteroatoms. The molecule has 0 aliphatic carbocycles. The van der Waals surface area contributed by atoms with Crippen molar-refractivity contribution in [2.45, 2.75) is 18.8 Å². The first-order valence-corrected chi connectivity index (χ1v) is 9.85. The van der Waals surface area contributed by atoms with Crippen LogP contribution in [0.25, 0.3) is 0 Å². The summed E-state index contributed by atoms with van der Waals surface area (Å²) in [6.07, 6.45) is -4.00. The molecule has 1 N–H and O–H groups in total. The second-order valence-electron chi connectivity index (χ2n) is 6.81. The Labute approximate surface area is 181 Å². The molecule has 1 saturated heterocycles. The van der Waals surface area contributed by atoms with E-state index in [2.05, 4.69) is 15.3 Å². The third-order valence-corrected chi connectivity index (χ3v) is 5.01. The van der Waals surface area contributed by atoms with Crippen LogP contribution in [0, 0.1) is 0 Å². The predicted molar refractivity (Wildman–Crippen MR) is 106 cm³/mol. The smallest absolute Gasteiger partial charge is 0.451 e. The average Bonchev–Trinajstić information content (AvgIpc) is 3.24. The van der Waals surface area contributed by atoms with Gasteiger partial charge in [-0.05, 0) is 29.9 Å². The van der Waals surface area contributed by atoms with Crippen LogP contribution < -0.4 is 19.5 Å². The van der Waals surface area contributed by atoms with Gasteiger partial charge in [-0.1, -0.05) is 6.07 Å². The lowest BCUT2D eigenvalue weighted by Crippen LogP contribution is -2.50. The first-order valence-electron chi connectivity index (χ1n) is 9.44. The first-order chi connectivity index (χ1) is 14.9. The molecule has 0 radical (unpaired) electrons. The minimum Gasteiger partial charge on any atom is -0.475 e. The Balaban J connectivity index is 1.27. The van der Waals surface area contributed by atoms with Crippen molar-refractivity contribution in [3.63, 3.8) is 0 Å². The number of halogens is 3. The van der Waals surface area contributed by atoms with Crippen molar-refractivity contribution < 1.29 is 32.1 Å². The van der Waals surface area contributed by atoms with Gasteiger partial charge in [0, 0.05) is 31.9 Å². The molecule has 8 nitrogen and oxygen atoms in total. The highest BCUT2D eigenvalue weighted by Crippen LogP contribution is 2.32. The van der Waals surface area contributed by atoms with Crippen LogP contribution in [0.5, 0.6) is 17.4 Å². The minimum absolute atomic E-state index is 0.0373. The van der Waals surface area contributed by atoms with E-state index in [1.54, 1.807) is 0 Å². The molecule has 2 aliphatic heterocycles. The summed E-state index contributed by atoms with van der Waals surface area (Å²) in [5.41, 5.74) is 0.990. The topological polar surface area (TPSA) is 78.0 Å². The van der Waals surface area contributed by atoms with Gasteiger partial charge < -0.3 is 29.2 Å². The van der Waals surface area contributed by atoms with Crippen LogP contribution in [-0.2, 0) is 17.5 Å². The Bertz CT molecular complexity index is 947. The number of hydrogen-bond acceptors (Lipinski definition) is 7. The monoisotopic (exact) mass is 456 g/mol. The number of fused-ring (bicyclic) bond motifs is 1. The summed E-state index contributed by atoms with van der Waals surface area (Å²) < 4.78 is 59.8. The molecule has 0 saturated carbocycles. The van der Waals surface area contributed by atoms with Gasteiger partial charge in [-0.25, -0.2) is 4.98 Å². The SMILES string of the molecule is FC(F)(F)c1nccc(OCC2CN(C(=S)NCc3ccc4c(c3)OCO4)CCO2)n1. The summed E-state index contributed by atoms with van der Waals surface area (Å²) in [6.45, 7) is 2.20. The van der Waals surface area contributed by atoms with Crippen LogP contribution in [0.1, 0.15) is 11.4 Å². The minimum atomic E-state index is -4.63. The largest absolute Gasteiger partial charge is 0.475 e. The molecule has 4 rings (SSSR count). The van der Waals surface area contributed by atoms with E-state index in [4.69, 9.17) is 31.2 Å². The molecule has 1 aromatic carbocycles. The zero-order chi connectivity index (χ0) is 21.8. The number of nitrogens with zero attached hydrogens (tertiary/aromatic N) is 3. The molecule has 166 valence electrons. The molecule has 0 amide bonds. The highest BCUT2D eigenvalue weighted by molar-refractivity contribution is 7.80. The molecule has 1 unspecified atom stereocenters.